The van der Waals surface area contributed by atoms with Crippen molar-refractivity contribution in [2.75, 3.05) is 6.61 Å². The molecule has 1 atom stereocenters. The van der Waals surface area contributed by atoms with Gasteiger partial charge in [-0.15, -0.1) is 0 Å². The Hall–Kier alpha value is -1.92. The zero-order valence-corrected chi connectivity index (χ0v) is 9.64. The van der Waals surface area contributed by atoms with E-state index >= 15 is 0 Å². The molecule has 0 unspecified atom stereocenters. The summed E-state index contributed by atoms with van der Waals surface area (Å²) in [4.78, 5) is 22.5. The van der Waals surface area contributed by atoms with E-state index in [0.29, 0.717) is 12.1 Å². The smallest absolute Gasteiger partial charge is 0.328 e. The summed E-state index contributed by atoms with van der Waals surface area (Å²) in [6.07, 6.45) is 0. The van der Waals surface area contributed by atoms with Gasteiger partial charge in [0.05, 0.1) is 6.61 Å². The Kier molecular flexibility index (Phi) is 3.59. The van der Waals surface area contributed by atoms with Crippen LogP contribution in [0.25, 0.3) is 0 Å². The number of aliphatic hydroxyl groups excluding tert-OH is 1. The molecule has 2 rings (SSSR count). The van der Waals surface area contributed by atoms with Crippen LogP contribution < -0.4 is 10.6 Å². The third-order valence-electron chi connectivity index (χ3n) is 2.89. The van der Waals surface area contributed by atoms with Gasteiger partial charge < -0.3 is 20.8 Å². The molecular weight excluding hydrogens is 236 g/mol. The van der Waals surface area contributed by atoms with Crippen molar-refractivity contribution in [1.82, 2.24) is 10.6 Å². The maximum absolute atomic E-state index is 11.8. The van der Waals surface area contributed by atoms with Crippen LogP contribution in [0.2, 0.25) is 0 Å². The summed E-state index contributed by atoms with van der Waals surface area (Å²) in [6.45, 7) is 0.859. The Labute approximate surface area is 104 Å². The molecule has 1 aromatic rings. The number of carboxylic acids is 1. The molecule has 0 spiro atoms. The summed E-state index contributed by atoms with van der Waals surface area (Å²) >= 11 is 0. The zero-order chi connectivity index (χ0) is 13.1. The van der Waals surface area contributed by atoms with E-state index in [1.807, 2.05) is 6.07 Å². The van der Waals surface area contributed by atoms with Crippen molar-refractivity contribution in [1.29, 1.82) is 0 Å². The van der Waals surface area contributed by atoms with Crippen LogP contribution >= 0.6 is 0 Å². The van der Waals surface area contributed by atoms with Crippen molar-refractivity contribution < 1.29 is 19.8 Å². The lowest BCUT2D eigenvalue weighted by Crippen LogP contribution is -2.43. The van der Waals surface area contributed by atoms with Crippen LogP contribution in [0.5, 0.6) is 0 Å². The van der Waals surface area contributed by atoms with Crippen molar-refractivity contribution in [3.8, 4) is 0 Å². The minimum Gasteiger partial charge on any atom is -0.480 e. The fourth-order valence-corrected chi connectivity index (χ4v) is 1.86. The van der Waals surface area contributed by atoms with Crippen LogP contribution in [0.3, 0.4) is 0 Å². The molecule has 1 aliphatic heterocycles. The Morgan fingerprint density at radius 1 is 1.33 bits per heavy atom. The summed E-state index contributed by atoms with van der Waals surface area (Å²) in [5.41, 5.74) is 2.58. The summed E-state index contributed by atoms with van der Waals surface area (Å²) in [5, 5.41) is 23.0. The van der Waals surface area contributed by atoms with Gasteiger partial charge in [0.25, 0.3) is 5.91 Å². The lowest BCUT2D eigenvalue weighted by Gasteiger charge is -2.12. The number of carbonyl (C=O) groups is 2. The standard InChI is InChI=1S/C12H14N2O4/c15-6-10(12(17)18)14-11(16)7-1-2-8-4-13-5-9(8)3-7/h1-3,10,13,15H,4-6H2,(H,14,16)(H,17,18)/t10-/m1/s1. The maximum atomic E-state index is 11.8. The first-order valence-electron chi connectivity index (χ1n) is 5.59. The maximum Gasteiger partial charge on any atom is 0.328 e. The van der Waals surface area contributed by atoms with Crippen molar-refractivity contribution in [3.63, 3.8) is 0 Å². The molecule has 0 radical (unpaired) electrons. The van der Waals surface area contributed by atoms with Gasteiger partial charge in [-0.3, -0.25) is 4.79 Å². The number of carbonyl (C=O) groups excluding carboxylic acids is 1. The number of aliphatic carboxylic acids is 1. The van der Waals surface area contributed by atoms with E-state index in [2.05, 4.69) is 10.6 Å². The SMILES string of the molecule is O=C(N[C@H](CO)C(=O)O)c1ccc2c(c1)CNC2. The first-order chi connectivity index (χ1) is 8.61. The van der Waals surface area contributed by atoms with E-state index in [-0.39, 0.29) is 0 Å². The number of fused-ring (bicyclic) bond motifs is 1. The fourth-order valence-electron chi connectivity index (χ4n) is 1.86. The zero-order valence-electron chi connectivity index (χ0n) is 9.64. The number of amides is 1. The quantitative estimate of drug-likeness (QED) is 0.575. The summed E-state index contributed by atoms with van der Waals surface area (Å²) in [5.74, 6) is -1.75. The van der Waals surface area contributed by atoms with E-state index in [0.717, 1.165) is 17.7 Å². The number of benzene rings is 1. The molecule has 1 amide bonds. The Morgan fingerprint density at radius 3 is 2.72 bits per heavy atom. The molecule has 4 N–H and O–H groups in total. The summed E-state index contributed by atoms with van der Waals surface area (Å²) in [7, 11) is 0. The van der Waals surface area contributed by atoms with Gasteiger partial charge in [-0.2, -0.15) is 0 Å². The van der Waals surface area contributed by atoms with E-state index in [9.17, 15) is 9.59 Å². The van der Waals surface area contributed by atoms with E-state index < -0.39 is 24.5 Å². The molecule has 1 heterocycles. The van der Waals surface area contributed by atoms with E-state index in [4.69, 9.17) is 10.2 Å². The van der Waals surface area contributed by atoms with Gasteiger partial charge in [-0.05, 0) is 23.3 Å². The number of hydrogen-bond acceptors (Lipinski definition) is 4. The van der Waals surface area contributed by atoms with Gasteiger partial charge in [0.1, 0.15) is 0 Å². The van der Waals surface area contributed by atoms with Gasteiger partial charge in [0.2, 0.25) is 0 Å². The first kappa shape index (κ1) is 12.5. The third kappa shape index (κ3) is 2.49. The highest BCUT2D eigenvalue weighted by molar-refractivity contribution is 5.96. The van der Waals surface area contributed by atoms with Gasteiger partial charge in [-0.1, -0.05) is 6.07 Å². The van der Waals surface area contributed by atoms with Crippen LogP contribution in [0.4, 0.5) is 0 Å². The highest BCUT2D eigenvalue weighted by Crippen LogP contribution is 2.17. The highest BCUT2D eigenvalue weighted by Gasteiger charge is 2.20. The molecule has 96 valence electrons. The molecule has 0 saturated carbocycles. The third-order valence-corrected chi connectivity index (χ3v) is 2.89. The van der Waals surface area contributed by atoms with Crippen LogP contribution in [-0.2, 0) is 17.9 Å². The number of rotatable bonds is 4. The summed E-state index contributed by atoms with van der Waals surface area (Å²) < 4.78 is 0. The molecular formula is C12H14N2O4. The largest absolute Gasteiger partial charge is 0.480 e. The second-order valence-electron chi connectivity index (χ2n) is 4.13. The molecule has 18 heavy (non-hydrogen) atoms. The molecule has 1 aliphatic rings. The Morgan fingerprint density at radius 2 is 2.06 bits per heavy atom. The molecule has 0 saturated heterocycles. The number of aliphatic hydroxyl groups is 1. The van der Waals surface area contributed by atoms with Crippen LogP contribution in [-0.4, -0.2) is 34.7 Å². The normalized spacial score (nSPS) is 14.9. The highest BCUT2D eigenvalue weighted by atomic mass is 16.4. The lowest BCUT2D eigenvalue weighted by atomic mass is 10.1. The number of nitrogens with one attached hydrogen (secondary N) is 2. The predicted octanol–water partition coefficient (Wildman–Crippen LogP) is -0.535. The van der Waals surface area contributed by atoms with Crippen molar-refractivity contribution >= 4 is 11.9 Å². The van der Waals surface area contributed by atoms with Crippen molar-refractivity contribution in [2.24, 2.45) is 0 Å². The van der Waals surface area contributed by atoms with E-state index in [1.165, 1.54) is 0 Å². The average Bonchev–Trinajstić information content (AvgIpc) is 2.82. The molecule has 1 aromatic carbocycles. The van der Waals surface area contributed by atoms with Crippen LogP contribution in [0, 0.1) is 0 Å². The monoisotopic (exact) mass is 250 g/mol. The van der Waals surface area contributed by atoms with E-state index in [1.54, 1.807) is 12.1 Å². The van der Waals surface area contributed by atoms with Gasteiger partial charge >= 0.3 is 5.97 Å². The Balaban J connectivity index is 2.12. The first-order valence-corrected chi connectivity index (χ1v) is 5.59. The van der Waals surface area contributed by atoms with Gasteiger partial charge in [0.15, 0.2) is 6.04 Å². The fraction of sp³-hybridized carbons (Fsp3) is 0.333. The summed E-state index contributed by atoms with van der Waals surface area (Å²) in [6, 6.07) is 3.96. The molecule has 6 nitrogen and oxygen atoms in total. The average molecular weight is 250 g/mol. The lowest BCUT2D eigenvalue weighted by molar-refractivity contribution is -0.140. The molecule has 0 bridgehead atoms. The topological polar surface area (TPSA) is 98.7 Å². The van der Waals surface area contributed by atoms with Gasteiger partial charge in [-0.25, -0.2) is 4.79 Å². The van der Waals surface area contributed by atoms with Crippen LogP contribution in [0.15, 0.2) is 18.2 Å². The second-order valence-corrected chi connectivity index (χ2v) is 4.13. The minimum absolute atomic E-state index is 0.400. The molecule has 6 heteroatoms. The van der Waals surface area contributed by atoms with Gasteiger partial charge in [0, 0.05) is 18.7 Å². The van der Waals surface area contributed by atoms with Crippen LogP contribution in [0.1, 0.15) is 21.5 Å². The minimum atomic E-state index is -1.27. The second kappa shape index (κ2) is 5.16. The molecule has 0 aliphatic carbocycles. The van der Waals surface area contributed by atoms with Crippen molar-refractivity contribution in [2.45, 2.75) is 19.1 Å². The number of hydrogen-bond donors (Lipinski definition) is 4. The molecule has 0 fully saturated rings. The predicted molar refractivity (Wildman–Crippen MR) is 63.0 cm³/mol. The molecule has 0 aromatic heterocycles. The Bertz CT molecular complexity index is 487. The number of carboxylic acid groups (broad SMARTS) is 1. The van der Waals surface area contributed by atoms with Crippen molar-refractivity contribution in [3.05, 3.63) is 34.9 Å².